The van der Waals surface area contributed by atoms with Gasteiger partial charge in [0.15, 0.2) is 0 Å². The predicted molar refractivity (Wildman–Crippen MR) is 78.9 cm³/mol. The molecule has 3 nitrogen and oxygen atoms in total. The summed E-state index contributed by atoms with van der Waals surface area (Å²) in [5.41, 5.74) is 7.73. The van der Waals surface area contributed by atoms with Crippen LogP contribution in [0.1, 0.15) is 5.56 Å². The third kappa shape index (κ3) is 2.59. The van der Waals surface area contributed by atoms with Crippen LogP contribution < -0.4 is 10.5 Å². The van der Waals surface area contributed by atoms with Gasteiger partial charge < -0.3 is 10.5 Å². The van der Waals surface area contributed by atoms with Gasteiger partial charge in [-0.15, -0.1) is 0 Å². The maximum absolute atomic E-state index is 5.89. The summed E-state index contributed by atoms with van der Waals surface area (Å²) < 4.78 is 10.3. The lowest BCUT2D eigenvalue weighted by molar-refractivity contribution is 0.501. The van der Waals surface area contributed by atoms with Gasteiger partial charge in [0, 0.05) is 11.5 Å². The lowest BCUT2D eigenvalue weighted by atomic mass is 10.1. The molecule has 19 heavy (non-hydrogen) atoms. The molecule has 0 saturated heterocycles. The molecule has 2 N–H and O–H groups in total. The standard InChI is InChI=1S/C15H14N2OS/c16-10-9-11-5-7-12(8-6-11)18-15-13-3-1-2-4-14(13)17-19-15/h1-8H,9-10,16H2. The van der Waals surface area contributed by atoms with E-state index in [9.17, 15) is 0 Å². The van der Waals surface area contributed by atoms with Crippen molar-refractivity contribution in [1.82, 2.24) is 4.37 Å². The summed E-state index contributed by atoms with van der Waals surface area (Å²) in [6, 6.07) is 16.0. The van der Waals surface area contributed by atoms with Crippen LogP contribution in [0.3, 0.4) is 0 Å². The quantitative estimate of drug-likeness (QED) is 0.788. The first-order valence-electron chi connectivity index (χ1n) is 6.18. The Kier molecular flexibility index (Phi) is 3.44. The smallest absolute Gasteiger partial charge is 0.207 e. The van der Waals surface area contributed by atoms with Crippen LogP contribution in [0.2, 0.25) is 0 Å². The van der Waals surface area contributed by atoms with E-state index in [4.69, 9.17) is 10.5 Å². The number of hydrogen-bond donors (Lipinski definition) is 1. The van der Waals surface area contributed by atoms with Gasteiger partial charge in [0.05, 0.1) is 10.9 Å². The molecule has 1 heterocycles. The Morgan fingerprint density at radius 3 is 2.63 bits per heavy atom. The summed E-state index contributed by atoms with van der Waals surface area (Å²) in [5, 5.41) is 1.89. The largest absolute Gasteiger partial charge is 0.444 e. The fraction of sp³-hybridized carbons (Fsp3) is 0.133. The van der Waals surface area contributed by atoms with E-state index < -0.39 is 0 Å². The van der Waals surface area contributed by atoms with E-state index in [1.807, 2.05) is 48.5 Å². The summed E-state index contributed by atoms with van der Waals surface area (Å²) in [6.07, 6.45) is 0.893. The predicted octanol–water partition coefficient (Wildman–Crippen LogP) is 3.59. The van der Waals surface area contributed by atoms with E-state index >= 15 is 0 Å². The van der Waals surface area contributed by atoms with E-state index in [1.54, 1.807) is 0 Å². The van der Waals surface area contributed by atoms with Gasteiger partial charge in [-0.2, -0.15) is 4.37 Å². The summed E-state index contributed by atoms with van der Waals surface area (Å²) in [6.45, 7) is 0.666. The first kappa shape index (κ1) is 12.1. The van der Waals surface area contributed by atoms with Crippen molar-refractivity contribution in [2.75, 3.05) is 6.54 Å². The second-order valence-electron chi connectivity index (χ2n) is 4.27. The van der Waals surface area contributed by atoms with Gasteiger partial charge in [-0.3, -0.25) is 0 Å². The summed E-state index contributed by atoms with van der Waals surface area (Å²) >= 11 is 1.38. The second kappa shape index (κ2) is 5.38. The van der Waals surface area contributed by atoms with Gasteiger partial charge in [0.1, 0.15) is 5.75 Å². The van der Waals surface area contributed by atoms with Gasteiger partial charge in [-0.1, -0.05) is 24.3 Å². The van der Waals surface area contributed by atoms with Crippen LogP contribution in [0.5, 0.6) is 10.8 Å². The van der Waals surface area contributed by atoms with Gasteiger partial charge in [-0.25, -0.2) is 0 Å². The van der Waals surface area contributed by atoms with Gasteiger partial charge in [0.2, 0.25) is 5.06 Å². The first-order valence-corrected chi connectivity index (χ1v) is 6.95. The van der Waals surface area contributed by atoms with E-state index in [2.05, 4.69) is 4.37 Å². The zero-order valence-corrected chi connectivity index (χ0v) is 11.2. The van der Waals surface area contributed by atoms with E-state index in [-0.39, 0.29) is 0 Å². The number of nitrogens with zero attached hydrogens (tertiary/aromatic N) is 1. The molecule has 2 aromatic carbocycles. The minimum Gasteiger partial charge on any atom is -0.444 e. The molecule has 0 saturated carbocycles. The number of benzene rings is 2. The first-order chi connectivity index (χ1) is 9.36. The van der Waals surface area contributed by atoms with Crippen molar-refractivity contribution >= 4 is 22.4 Å². The number of rotatable bonds is 4. The second-order valence-corrected chi connectivity index (χ2v) is 5.01. The molecule has 4 heteroatoms. The van der Waals surface area contributed by atoms with Crippen LogP contribution in [0.25, 0.3) is 10.9 Å². The highest BCUT2D eigenvalue weighted by Gasteiger charge is 2.07. The topological polar surface area (TPSA) is 48.1 Å². The van der Waals surface area contributed by atoms with E-state index in [0.29, 0.717) is 6.54 Å². The Morgan fingerprint density at radius 2 is 1.84 bits per heavy atom. The molecule has 3 rings (SSSR count). The molecular weight excluding hydrogens is 256 g/mol. The van der Waals surface area contributed by atoms with Crippen LogP contribution in [0, 0.1) is 0 Å². The summed E-state index contributed by atoms with van der Waals surface area (Å²) in [4.78, 5) is 0. The zero-order chi connectivity index (χ0) is 13.1. The summed E-state index contributed by atoms with van der Waals surface area (Å²) in [7, 11) is 0. The van der Waals surface area contributed by atoms with Crippen LogP contribution in [-0.2, 0) is 6.42 Å². The monoisotopic (exact) mass is 270 g/mol. The Labute approximate surface area is 115 Å². The average Bonchev–Trinajstić information content (AvgIpc) is 2.85. The minimum atomic E-state index is 0.666. The molecule has 0 fully saturated rings. The highest BCUT2D eigenvalue weighted by atomic mass is 32.1. The lowest BCUT2D eigenvalue weighted by Crippen LogP contribution is -2.02. The fourth-order valence-electron chi connectivity index (χ4n) is 1.94. The number of aromatic nitrogens is 1. The Hall–Kier alpha value is -1.91. The van der Waals surface area contributed by atoms with Gasteiger partial charge in [-0.05, 0) is 42.8 Å². The van der Waals surface area contributed by atoms with Crippen molar-refractivity contribution < 1.29 is 4.74 Å². The molecule has 0 aliphatic rings. The van der Waals surface area contributed by atoms with Crippen molar-refractivity contribution in [3.63, 3.8) is 0 Å². The van der Waals surface area contributed by atoms with Crippen molar-refractivity contribution in [3.05, 3.63) is 54.1 Å². The summed E-state index contributed by atoms with van der Waals surface area (Å²) in [5.74, 6) is 0.829. The Morgan fingerprint density at radius 1 is 1.05 bits per heavy atom. The van der Waals surface area contributed by atoms with Crippen LogP contribution in [-0.4, -0.2) is 10.9 Å². The van der Waals surface area contributed by atoms with Crippen molar-refractivity contribution in [2.45, 2.75) is 6.42 Å². The number of ether oxygens (including phenoxy) is 1. The third-order valence-corrected chi connectivity index (χ3v) is 3.67. The van der Waals surface area contributed by atoms with Gasteiger partial charge >= 0.3 is 0 Å². The molecule has 0 atom stereocenters. The normalized spacial score (nSPS) is 10.8. The molecule has 0 spiro atoms. The molecule has 96 valence electrons. The lowest BCUT2D eigenvalue weighted by Gasteiger charge is -2.04. The highest BCUT2D eigenvalue weighted by Crippen LogP contribution is 2.33. The zero-order valence-electron chi connectivity index (χ0n) is 10.4. The SMILES string of the molecule is NCCc1ccc(Oc2snc3ccccc23)cc1. The molecule has 0 aliphatic carbocycles. The molecule has 0 aliphatic heterocycles. The minimum absolute atomic E-state index is 0.666. The van der Waals surface area contributed by atoms with Crippen molar-refractivity contribution in [1.29, 1.82) is 0 Å². The van der Waals surface area contributed by atoms with E-state index in [0.717, 1.165) is 28.1 Å². The molecular formula is C15H14N2OS. The van der Waals surface area contributed by atoms with Crippen molar-refractivity contribution in [3.8, 4) is 10.8 Å². The Balaban J connectivity index is 1.84. The number of fused-ring (bicyclic) bond motifs is 1. The molecule has 3 aromatic rings. The maximum Gasteiger partial charge on any atom is 0.207 e. The average molecular weight is 270 g/mol. The highest BCUT2D eigenvalue weighted by molar-refractivity contribution is 7.09. The molecule has 0 unspecified atom stereocenters. The Bertz CT molecular complexity index is 676. The molecule has 1 aromatic heterocycles. The molecule has 0 radical (unpaired) electrons. The molecule has 0 amide bonds. The van der Waals surface area contributed by atoms with Crippen LogP contribution >= 0.6 is 11.5 Å². The van der Waals surface area contributed by atoms with E-state index in [1.165, 1.54) is 17.1 Å². The number of nitrogens with two attached hydrogens (primary N) is 1. The number of hydrogen-bond acceptors (Lipinski definition) is 4. The molecule has 0 bridgehead atoms. The maximum atomic E-state index is 5.89. The fourth-order valence-corrected chi connectivity index (χ4v) is 2.68. The van der Waals surface area contributed by atoms with Crippen molar-refractivity contribution in [2.24, 2.45) is 5.73 Å². The van der Waals surface area contributed by atoms with Gasteiger partial charge in [0.25, 0.3) is 0 Å². The van der Waals surface area contributed by atoms with Crippen LogP contribution in [0.15, 0.2) is 48.5 Å². The third-order valence-electron chi connectivity index (χ3n) is 2.92. The van der Waals surface area contributed by atoms with Crippen LogP contribution in [0.4, 0.5) is 0 Å².